The molecule has 0 aliphatic heterocycles. The second-order valence-corrected chi connectivity index (χ2v) is 6.47. The minimum Gasteiger partial charge on any atom is -0.465 e. The molecule has 8 heteroatoms. The molecular formula is C16H13N3O4S. The lowest BCUT2D eigenvalue weighted by Gasteiger charge is -2.12. The number of esters is 1. The first-order valence-electron chi connectivity index (χ1n) is 6.93. The maximum Gasteiger partial charge on any atom is 0.339 e. The Morgan fingerprint density at radius 1 is 1.04 bits per heavy atom. The zero-order valence-corrected chi connectivity index (χ0v) is 13.4. The van der Waals surface area contributed by atoms with Gasteiger partial charge in [-0.3, -0.25) is 14.7 Å². The largest absolute Gasteiger partial charge is 0.465 e. The van der Waals surface area contributed by atoms with Crippen LogP contribution < -0.4 is 4.72 Å². The summed E-state index contributed by atoms with van der Waals surface area (Å²) in [5, 5.41) is 0. The number of para-hydroxylation sites is 2. The molecule has 0 unspecified atom stereocenters. The molecule has 3 aromatic rings. The molecule has 0 bridgehead atoms. The number of aromatic nitrogens is 2. The second kappa shape index (κ2) is 6.25. The number of sulfonamides is 1. The average molecular weight is 343 g/mol. The van der Waals surface area contributed by atoms with Gasteiger partial charge in [-0.2, -0.15) is 0 Å². The third kappa shape index (κ3) is 2.91. The zero-order valence-electron chi connectivity index (χ0n) is 12.6. The fraction of sp³-hybridized carbons (Fsp3) is 0.0625. The first-order valence-corrected chi connectivity index (χ1v) is 8.41. The molecule has 3 rings (SSSR count). The predicted octanol–water partition coefficient (Wildman–Crippen LogP) is 2.22. The van der Waals surface area contributed by atoms with Gasteiger partial charge in [0, 0.05) is 12.4 Å². The minimum atomic E-state index is -3.96. The van der Waals surface area contributed by atoms with Crippen LogP contribution in [0.25, 0.3) is 11.0 Å². The van der Waals surface area contributed by atoms with Gasteiger partial charge >= 0.3 is 5.97 Å². The molecule has 0 spiro atoms. The number of benzene rings is 2. The molecule has 24 heavy (non-hydrogen) atoms. The number of ether oxygens (including phenoxy) is 1. The van der Waals surface area contributed by atoms with Gasteiger partial charge in [0.05, 0.1) is 23.9 Å². The molecule has 0 amide bonds. The number of hydrogen-bond acceptors (Lipinski definition) is 6. The fourth-order valence-electron chi connectivity index (χ4n) is 2.24. The molecule has 1 aromatic heterocycles. The van der Waals surface area contributed by atoms with Gasteiger partial charge in [0.15, 0.2) is 0 Å². The number of methoxy groups -OCH3 is 1. The van der Waals surface area contributed by atoms with Gasteiger partial charge < -0.3 is 4.74 Å². The van der Waals surface area contributed by atoms with E-state index >= 15 is 0 Å². The Morgan fingerprint density at radius 2 is 1.79 bits per heavy atom. The number of carbonyl (C=O) groups excluding carboxylic acids is 1. The van der Waals surface area contributed by atoms with E-state index in [1.165, 1.54) is 37.7 Å². The van der Waals surface area contributed by atoms with Gasteiger partial charge in [-0.15, -0.1) is 0 Å². The highest BCUT2D eigenvalue weighted by Crippen LogP contribution is 2.24. The maximum atomic E-state index is 12.7. The first-order chi connectivity index (χ1) is 11.5. The van der Waals surface area contributed by atoms with Crippen molar-refractivity contribution in [2.45, 2.75) is 4.90 Å². The van der Waals surface area contributed by atoms with E-state index in [2.05, 4.69) is 19.4 Å². The van der Waals surface area contributed by atoms with E-state index in [1.807, 2.05) is 0 Å². The van der Waals surface area contributed by atoms with Gasteiger partial charge in [0.25, 0.3) is 10.0 Å². The third-order valence-electron chi connectivity index (χ3n) is 3.33. The van der Waals surface area contributed by atoms with Crippen LogP contribution in [-0.4, -0.2) is 31.5 Å². The number of rotatable bonds is 4. The number of carbonyl (C=O) groups is 1. The maximum absolute atomic E-state index is 12.7. The van der Waals surface area contributed by atoms with Crippen molar-refractivity contribution in [2.24, 2.45) is 0 Å². The van der Waals surface area contributed by atoms with Crippen LogP contribution in [0.1, 0.15) is 10.4 Å². The SMILES string of the molecule is COC(=O)c1ccccc1NS(=O)(=O)c1cccc2nccnc12. The van der Waals surface area contributed by atoms with Gasteiger partial charge in [-0.05, 0) is 24.3 Å². The van der Waals surface area contributed by atoms with Crippen LogP contribution >= 0.6 is 0 Å². The van der Waals surface area contributed by atoms with E-state index in [0.717, 1.165) is 0 Å². The van der Waals surface area contributed by atoms with Gasteiger partial charge in [-0.25, -0.2) is 13.2 Å². The molecule has 0 saturated carbocycles. The number of nitrogens with zero attached hydrogens (tertiary/aromatic N) is 2. The van der Waals surface area contributed by atoms with Crippen molar-refractivity contribution in [3.63, 3.8) is 0 Å². The summed E-state index contributed by atoms with van der Waals surface area (Å²) in [5.41, 5.74) is 0.963. The van der Waals surface area contributed by atoms with Crippen LogP contribution in [0.15, 0.2) is 59.8 Å². The summed E-state index contributed by atoms with van der Waals surface area (Å²) in [5.74, 6) is -0.633. The lowest BCUT2D eigenvalue weighted by Crippen LogP contribution is -2.16. The van der Waals surface area contributed by atoms with Crippen LogP contribution in [0.3, 0.4) is 0 Å². The molecule has 0 atom stereocenters. The van der Waals surface area contributed by atoms with Crippen molar-refractivity contribution >= 4 is 32.7 Å². The smallest absolute Gasteiger partial charge is 0.339 e. The van der Waals surface area contributed by atoms with Crippen molar-refractivity contribution in [1.29, 1.82) is 0 Å². The zero-order chi connectivity index (χ0) is 17.2. The van der Waals surface area contributed by atoms with E-state index in [0.29, 0.717) is 5.52 Å². The Labute approximate surface area is 138 Å². The quantitative estimate of drug-likeness (QED) is 0.729. The molecule has 0 fully saturated rings. The normalized spacial score (nSPS) is 11.2. The highest BCUT2D eigenvalue weighted by molar-refractivity contribution is 7.93. The molecular weight excluding hydrogens is 330 g/mol. The number of nitrogens with one attached hydrogen (secondary N) is 1. The van der Waals surface area contributed by atoms with Crippen LogP contribution in [0.2, 0.25) is 0 Å². The van der Waals surface area contributed by atoms with E-state index in [1.54, 1.807) is 24.3 Å². The van der Waals surface area contributed by atoms with Crippen LogP contribution in [-0.2, 0) is 14.8 Å². The Hall–Kier alpha value is -3.00. The van der Waals surface area contributed by atoms with Gasteiger partial charge in [0.2, 0.25) is 0 Å². The number of fused-ring (bicyclic) bond motifs is 1. The van der Waals surface area contributed by atoms with Gasteiger partial charge in [-0.1, -0.05) is 18.2 Å². The Morgan fingerprint density at radius 3 is 2.58 bits per heavy atom. The Kier molecular flexibility index (Phi) is 4.13. The lowest BCUT2D eigenvalue weighted by molar-refractivity contribution is 0.0602. The summed E-state index contributed by atoms with van der Waals surface area (Å²) < 4.78 is 32.6. The first kappa shape index (κ1) is 15.9. The molecule has 0 aliphatic carbocycles. The summed E-state index contributed by atoms with van der Waals surface area (Å²) in [7, 11) is -2.73. The summed E-state index contributed by atoms with van der Waals surface area (Å²) in [6.45, 7) is 0. The summed E-state index contributed by atoms with van der Waals surface area (Å²) in [6, 6.07) is 10.9. The molecule has 122 valence electrons. The van der Waals surface area contributed by atoms with Crippen molar-refractivity contribution < 1.29 is 17.9 Å². The van der Waals surface area contributed by atoms with Crippen LogP contribution in [0.5, 0.6) is 0 Å². The topological polar surface area (TPSA) is 98.2 Å². The monoisotopic (exact) mass is 343 g/mol. The van der Waals surface area contributed by atoms with Crippen LogP contribution in [0.4, 0.5) is 5.69 Å². The highest BCUT2D eigenvalue weighted by Gasteiger charge is 2.21. The average Bonchev–Trinajstić information content (AvgIpc) is 2.60. The van der Waals surface area contributed by atoms with E-state index in [4.69, 9.17) is 0 Å². The molecule has 0 radical (unpaired) electrons. The van der Waals surface area contributed by atoms with E-state index < -0.39 is 16.0 Å². The minimum absolute atomic E-state index is 0.0206. The molecule has 0 saturated heterocycles. The van der Waals surface area contributed by atoms with Crippen molar-refractivity contribution in [3.8, 4) is 0 Å². The molecule has 0 aliphatic rings. The van der Waals surface area contributed by atoms with E-state index in [9.17, 15) is 13.2 Å². The molecule has 2 aromatic carbocycles. The second-order valence-electron chi connectivity index (χ2n) is 4.82. The molecule has 1 heterocycles. The highest BCUT2D eigenvalue weighted by atomic mass is 32.2. The molecule has 7 nitrogen and oxygen atoms in total. The summed E-state index contributed by atoms with van der Waals surface area (Å²) in [4.78, 5) is 20.0. The standard InChI is InChI=1S/C16H13N3O4S/c1-23-16(20)11-5-2-3-6-12(11)19-24(21,22)14-8-4-7-13-15(14)18-10-9-17-13/h2-10,19H,1H3. The van der Waals surface area contributed by atoms with Crippen molar-refractivity contribution in [3.05, 3.63) is 60.4 Å². The van der Waals surface area contributed by atoms with Crippen LogP contribution in [0, 0.1) is 0 Å². The fourth-order valence-corrected chi connectivity index (χ4v) is 3.49. The summed E-state index contributed by atoms with van der Waals surface area (Å²) >= 11 is 0. The number of hydrogen-bond donors (Lipinski definition) is 1. The number of anilines is 1. The van der Waals surface area contributed by atoms with E-state index in [-0.39, 0.29) is 21.7 Å². The van der Waals surface area contributed by atoms with Gasteiger partial charge in [0.1, 0.15) is 10.4 Å². The van der Waals surface area contributed by atoms with Crippen molar-refractivity contribution in [1.82, 2.24) is 9.97 Å². The lowest BCUT2D eigenvalue weighted by atomic mass is 10.2. The summed E-state index contributed by atoms with van der Waals surface area (Å²) in [6.07, 6.45) is 2.91. The third-order valence-corrected chi connectivity index (χ3v) is 4.72. The Balaban J connectivity index is 2.08. The molecule has 1 N–H and O–H groups in total. The predicted molar refractivity (Wildman–Crippen MR) is 88.1 cm³/mol. The Bertz CT molecular complexity index is 1010. The van der Waals surface area contributed by atoms with Crippen molar-refractivity contribution in [2.75, 3.05) is 11.8 Å².